The van der Waals surface area contributed by atoms with Crippen molar-refractivity contribution in [2.45, 2.75) is 40.5 Å². The quantitative estimate of drug-likeness (QED) is 0.383. The van der Waals surface area contributed by atoms with Crippen molar-refractivity contribution in [3.8, 4) is 0 Å². The molecule has 0 radical (unpaired) electrons. The van der Waals surface area contributed by atoms with Crippen LogP contribution in [0.5, 0.6) is 0 Å². The van der Waals surface area contributed by atoms with E-state index in [1.54, 1.807) is 6.08 Å². The predicted molar refractivity (Wildman–Crippen MR) is 59.1 cm³/mol. The second-order valence-corrected chi connectivity index (χ2v) is 3.56. The highest BCUT2D eigenvalue weighted by Gasteiger charge is 1.96. The average molecular weight is 196 g/mol. The van der Waals surface area contributed by atoms with Crippen LogP contribution in [0.25, 0.3) is 0 Å². The number of rotatable bonds is 5. The molecule has 0 rings (SSSR count). The van der Waals surface area contributed by atoms with E-state index in [-0.39, 0.29) is 5.97 Å². The number of allylic oxidation sites excluding steroid dienone is 3. The van der Waals surface area contributed by atoms with Crippen molar-refractivity contribution < 1.29 is 9.53 Å². The van der Waals surface area contributed by atoms with Crippen molar-refractivity contribution in [1.29, 1.82) is 0 Å². The molecule has 0 aromatic heterocycles. The fourth-order valence-electron chi connectivity index (χ4n) is 1.05. The van der Waals surface area contributed by atoms with E-state index in [0.717, 1.165) is 18.4 Å². The minimum absolute atomic E-state index is 0.234. The molecular formula is C12H20O2. The minimum Gasteiger partial charge on any atom is -0.463 e. The zero-order valence-electron chi connectivity index (χ0n) is 9.59. The third kappa shape index (κ3) is 7.59. The van der Waals surface area contributed by atoms with Crippen LogP contribution in [-0.2, 0) is 9.53 Å². The predicted octanol–water partition coefficient (Wildman–Crippen LogP) is 3.24. The van der Waals surface area contributed by atoms with Gasteiger partial charge in [-0.05, 0) is 40.5 Å². The normalized spacial score (nSPS) is 11.0. The summed E-state index contributed by atoms with van der Waals surface area (Å²) in [4.78, 5) is 11.0. The first-order valence-electron chi connectivity index (χ1n) is 5.03. The van der Waals surface area contributed by atoms with Gasteiger partial charge < -0.3 is 4.74 Å². The Bertz CT molecular complexity index is 233. The number of esters is 1. The second-order valence-electron chi connectivity index (χ2n) is 3.56. The fourth-order valence-corrected chi connectivity index (χ4v) is 1.05. The lowest BCUT2D eigenvalue weighted by molar-refractivity contribution is -0.137. The van der Waals surface area contributed by atoms with Crippen LogP contribution >= 0.6 is 0 Å². The summed E-state index contributed by atoms with van der Waals surface area (Å²) in [5, 5.41) is 0. The molecule has 0 N–H and O–H groups in total. The van der Waals surface area contributed by atoms with E-state index in [1.165, 1.54) is 5.57 Å². The Morgan fingerprint density at radius 1 is 1.29 bits per heavy atom. The van der Waals surface area contributed by atoms with E-state index >= 15 is 0 Å². The first kappa shape index (κ1) is 12.9. The standard InChI is InChI=1S/C12H20O2/c1-5-14-12(13)9-11(4)8-6-7-10(2)3/h7,9H,5-6,8H2,1-4H3/b11-9-. The van der Waals surface area contributed by atoms with Gasteiger partial charge in [0.1, 0.15) is 0 Å². The molecule has 0 saturated heterocycles. The van der Waals surface area contributed by atoms with E-state index < -0.39 is 0 Å². The summed E-state index contributed by atoms with van der Waals surface area (Å²) in [6.45, 7) is 8.35. The molecule has 0 aromatic rings. The van der Waals surface area contributed by atoms with E-state index in [9.17, 15) is 4.79 Å². The summed E-state index contributed by atoms with van der Waals surface area (Å²) in [6, 6.07) is 0. The molecular weight excluding hydrogens is 176 g/mol. The van der Waals surface area contributed by atoms with Gasteiger partial charge in [-0.1, -0.05) is 17.2 Å². The molecule has 0 atom stereocenters. The van der Waals surface area contributed by atoms with Crippen molar-refractivity contribution >= 4 is 5.97 Å². The van der Waals surface area contributed by atoms with Crippen LogP contribution in [0.15, 0.2) is 23.3 Å². The van der Waals surface area contributed by atoms with Crippen LogP contribution in [0.4, 0.5) is 0 Å². The third-order valence-electron chi connectivity index (χ3n) is 1.74. The van der Waals surface area contributed by atoms with Gasteiger partial charge in [0.05, 0.1) is 6.61 Å². The molecule has 80 valence electrons. The Hall–Kier alpha value is -1.05. The summed E-state index contributed by atoms with van der Waals surface area (Å²) < 4.78 is 4.81. The minimum atomic E-state index is -0.234. The van der Waals surface area contributed by atoms with E-state index in [4.69, 9.17) is 4.74 Å². The van der Waals surface area contributed by atoms with Crippen molar-refractivity contribution in [2.24, 2.45) is 0 Å². The summed E-state index contributed by atoms with van der Waals surface area (Å²) in [5.41, 5.74) is 2.38. The summed E-state index contributed by atoms with van der Waals surface area (Å²) in [7, 11) is 0. The van der Waals surface area contributed by atoms with Crippen molar-refractivity contribution in [2.75, 3.05) is 6.61 Å². The molecule has 0 saturated carbocycles. The van der Waals surface area contributed by atoms with E-state index in [2.05, 4.69) is 19.9 Å². The van der Waals surface area contributed by atoms with Crippen LogP contribution in [-0.4, -0.2) is 12.6 Å². The first-order chi connectivity index (χ1) is 6.56. The summed E-state index contributed by atoms with van der Waals surface area (Å²) >= 11 is 0. The van der Waals surface area contributed by atoms with Gasteiger partial charge in [0.2, 0.25) is 0 Å². The Labute approximate surface area is 86.6 Å². The Morgan fingerprint density at radius 3 is 2.43 bits per heavy atom. The number of carbonyl (C=O) groups is 1. The molecule has 0 spiro atoms. The van der Waals surface area contributed by atoms with Crippen molar-refractivity contribution in [3.63, 3.8) is 0 Å². The SMILES string of the molecule is CCOC(=O)/C=C(/C)CCC=C(C)C. The monoisotopic (exact) mass is 196 g/mol. The van der Waals surface area contributed by atoms with Gasteiger partial charge in [-0.25, -0.2) is 4.79 Å². The van der Waals surface area contributed by atoms with Crippen LogP contribution in [0.2, 0.25) is 0 Å². The van der Waals surface area contributed by atoms with Crippen molar-refractivity contribution in [1.82, 2.24) is 0 Å². The Morgan fingerprint density at radius 2 is 1.93 bits per heavy atom. The zero-order chi connectivity index (χ0) is 11.0. The second kappa shape index (κ2) is 7.36. The van der Waals surface area contributed by atoms with E-state index in [0.29, 0.717) is 6.61 Å². The Kier molecular flexibility index (Phi) is 6.81. The largest absolute Gasteiger partial charge is 0.463 e. The van der Waals surface area contributed by atoms with Crippen LogP contribution in [0.1, 0.15) is 40.5 Å². The van der Waals surface area contributed by atoms with E-state index in [1.807, 2.05) is 13.8 Å². The molecule has 0 unspecified atom stereocenters. The summed E-state index contributed by atoms with van der Waals surface area (Å²) in [5.74, 6) is -0.234. The smallest absolute Gasteiger partial charge is 0.330 e. The molecule has 0 amide bonds. The molecule has 0 heterocycles. The molecule has 0 bridgehead atoms. The van der Waals surface area contributed by atoms with Gasteiger partial charge in [0.25, 0.3) is 0 Å². The first-order valence-corrected chi connectivity index (χ1v) is 5.03. The number of ether oxygens (including phenoxy) is 1. The highest BCUT2D eigenvalue weighted by Crippen LogP contribution is 2.06. The Balaban J connectivity index is 3.89. The van der Waals surface area contributed by atoms with Gasteiger partial charge in [0, 0.05) is 6.08 Å². The zero-order valence-corrected chi connectivity index (χ0v) is 9.59. The molecule has 0 aliphatic carbocycles. The highest BCUT2D eigenvalue weighted by atomic mass is 16.5. The molecule has 0 fully saturated rings. The molecule has 14 heavy (non-hydrogen) atoms. The molecule has 0 aliphatic rings. The van der Waals surface area contributed by atoms with Crippen molar-refractivity contribution in [3.05, 3.63) is 23.3 Å². The fraction of sp³-hybridized carbons (Fsp3) is 0.583. The molecule has 0 aromatic carbocycles. The highest BCUT2D eigenvalue weighted by molar-refractivity contribution is 5.82. The number of carbonyl (C=O) groups excluding carboxylic acids is 1. The van der Waals surface area contributed by atoms with Gasteiger partial charge >= 0.3 is 5.97 Å². The maximum absolute atomic E-state index is 11.0. The van der Waals surface area contributed by atoms with Gasteiger partial charge in [-0.2, -0.15) is 0 Å². The van der Waals surface area contributed by atoms with Crippen LogP contribution in [0.3, 0.4) is 0 Å². The lowest BCUT2D eigenvalue weighted by Gasteiger charge is -1.99. The van der Waals surface area contributed by atoms with Gasteiger partial charge in [-0.15, -0.1) is 0 Å². The average Bonchev–Trinajstić information content (AvgIpc) is 2.03. The molecule has 2 nitrogen and oxygen atoms in total. The number of hydrogen-bond acceptors (Lipinski definition) is 2. The van der Waals surface area contributed by atoms with Gasteiger partial charge in [-0.3, -0.25) is 0 Å². The lowest BCUT2D eigenvalue weighted by Crippen LogP contribution is -2.00. The summed E-state index contributed by atoms with van der Waals surface area (Å²) in [6.07, 6.45) is 5.65. The topological polar surface area (TPSA) is 26.3 Å². The van der Waals surface area contributed by atoms with Crippen LogP contribution in [0, 0.1) is 0 Å². The number of hydrogen-bond donors (Lipinski definition) is 0. The lowest BCUT2D eigenvalue weighted by atomic mass is 10.1. The maximum atomic E-state index is 11.0. The van der Waals surface area contributed by atoms with Crippen LogP contribution < -0.4 is 0 Å². The molecule has 2 heteroatoms. The van der Waals surface area contributed by atoms with Gasteiger partial charge in [0.15, 0.2) is 0 Å². The third-order valence-corrected chi connectivity index (χ3v) is 1.74. The molecule has 0 aliphatic heterocycles. The maximum Gasteiger partial charge on any atom is 0.330 e.